The molecule has 1 aromatic rings. The number of nitrogens with two attached hydrogens (primary N) is 1. The quantitative estimate of drug-likeness (QED) is 0.527. The monoisotopic (exact) mass is 372 g/mol. The first kappa shape index (κ1) is 19.7. The number of anilines is 1. The van der Waals surface area contributed by atoms with E-state index in [2.05, 4.69) is 29.0 Å². The number of aliphatic carboxylic acids is 1. The smallest absolute Gasteiger partial charge is 0.306 e. The molecule has 6 heteroatoms. The maximum Gasteiger partial charge on any atom is 0.306 e. The molecule has 0 radical (unpaired) electrons. The molecule has 0 aromatic heterocycles. The summed E-state index contributed by atoms with van der Waals surface area (Å²) in [7, 11) is 2.21. The van der Waals surface area contributed by atoms with Crippen molar-refractivity contribution >= 4 is 17.5 Å². The number of nitrogen functional groups attached to an aromatic ring is 1. The SMILES string of the molecule is CN(CC1CCN(c2ccc(C(=N)N)cc2)CC1)C1CCC(C(=O)O)CC1. The number of hydrogen-bond acceptors (Lipinski definition) is 4. The molecule has 4 N–H and O–H groups in total. The van der Waals surface area contributed by atoms with Crippen LogP contribution in [0.5, 0.6) is 0 Å². The molecule has 3 rings (SSSR count). The molecular formula is C21H32N4O2. The van der Waals surface area contributed by atoms with E-state index in [0.717, 1.165) is 50.9 Å². The Bertz CT molecular complexity index is 645. The molecule has 148 valence electrons. The Kier molecular flexibility index (Phi) is 6.37. The fourth-order valence-electron chi connectivity index (χ4n) is 4.55. The summed E-state index contributed by atoms with van der Waals surface area (Å²) < 4.78 is 0. The van der Waals surface area contributed by atoms with Crippen molar-refractivity contribution in [3.05, 3.63) is 29.8 Å². The summed E-state index contributed by atoms with van der Waals surface area (Å²) in [5, 5.41) is 16.6. The van der Waals surface area contributed by atoms with E-state index >= 15 is 0 Å². The van der Waals surface area contributed by atoms with Crippen molar-refractivity contribution < 1.29 is 9.90 Å². The van der Waals surface area contributed by atoms with E-state index in [1.54, 1.807) is 0 Å². The van der Waals surface area contributed by atoms with E-state index in [9.17, 15) is 4.79 Å². The van der Waals surface area contributed by atoms with Crippen LogP contribution < -0.4 is 10.6 Å². The molecule has 0 bridgehead atoms. The van der Waals surface area contributed by atoms with Crippen molar-refractivity contribution in [2.45, 2.75) is 44.6 Å². The number of nitrogens with one attached hydrogen (secondary N) is 1. The molecule has 1 aliphatic heterocycles. The van der Waals surface area contributed by atoms with Crippen LogP contribution in [0.25, 0.3) is 0 Å². The van der Waals surface area contributed by atoms with Gasteiger partial charge in [-0.1, -0.05) is 0 Å². The minimum atomic E-state index is -0.625. The van der Waals surface area contributed by atoms with Crippen LogP contribution in [-0.2, 0) is 4.79 Å². The Morgan fingerprint density at radius 3 is 2.26 bits per heavy atom. The van der Waals surface area contributed by atoms with Gasteiger partial charge >= 0.3 is 5.97 Å². The molecule has 0 amide bonds. The maximum atomic E-state index is 11.1. The first-order valence-corrected chi connectivity index (χ1v) is 10.1. The maximum absolute atomic E-state index is 11.1. The van der Waals surface area contributed by atoms with Crippen LogP contribution in [0.1, 0.15) is 44.1 Å². The third-order valence-corrected chi connectivity index (χ3v) is 6.37. The van der Waals surface area contributed by atoms with Gasteiger partial charge in [0, 0.05) is 36.9 Å². The van der Waals surface area contributed by atoms with Crippen LogP contribution in [0.15, 0.2) is 24.3 Å². The summed E-state index contributed by atoms with van der Waals surface area (Å²) in [5.74, 6) is 0.0627. The highest BCUT2D eigenvalue weighted by atomic mass is 16.4. The number of rotatable bonds is 6. The minimum absolute atomic E-state index is 0.112. The zero-order chi connectivity index (χ0) is 19.4. The standard InChI is InChI=1S/C21H32N4O2/c1-24(18-6-4-17(5-7-18)21(26)27)14-15-10-12-25(13-11-15)19-8-2-16(3-9-19)20(22)23/h2-3,8-9,15,17-18H,4-7,10-14H2,1H3,(H3,22,23)(H,26,27). The second-order valence-electron chi connectivity index (χ2n) is 8.17. The Hall–Kier alpha value is -2.08. The number of carbonyl (C=O) groups is 1. The molecule has 0 atom stereocenters. The third kappa shape index (κ3) is 5.01. The number of carboxylic acid groups (broad SMARTS) is 1. The number of amidine groups is 1. The molecule has 1 saturated heterocycles. The molecule has 27 heavy (non-hydrogen) atoms. The summed E-state index contributed by atoms with van der Waals surface area (Å²) in [6, 6.07) is 8.50. The van der Waals surface area contributed by atoms with Gasteiger partial charge in [0.25, 0.3) is 0 Å². The number of hydrogen-bond donors (Lipinski definition) is 3. The van der Waals surface area contributed by atoms with Gasteiger partial charge in [-0.25, -0.2) is 0 Å². The normalized spacial score (nSPS) is 24.1. The Balaban J connectivity index is 1.44. The third-order valence-electron chi connectivity index (χ3n) is 6.37. The molecule has 1 heterocycles. The first-order chi connectivity index (χ1) is 12.9. The highest BCUT2D eigenvalue weighted by molar-refractivity contribution is 5.95. The van der Waals surface area contributed by atoms with Crippen LogP contribution >= 0.6 is 0 Å². The largest absolute Gasteiger partial charge is 0.481 e. The van der Waals surface area contributed by atoms with E-state index in [-0.39, 0.29) is 11.8 Å². The van der Waals surface area contributed by atoms with Crippen molar-refractivity contribution in [2.75, 3.05) is 31.6 Å². The molecule has 1 aromatic carbocycles. The lowest BCUT2D eigenvalue weighted by molar-refractivity contribution is -0.143. The molecule has 1 aliphatic carbocycles. The Labute approximate surface area is 161 Å². The van der Waals surface area contributed by atoms with Gasteiger partial charge in [0.1, 0.15) is 5.84 Å². The van der Waals surface area contributed by atoms with Crippen LogP contribution in [0, 0.1) is 17.2 Å². The highest BCUT2D eigenvalue weighted by Crippen LogP contribution is 2.29. The van der Waals surface area contributed by atoms with Gasteiger partial charge < -0.3 is 20.6 Å². The van der Waals surface area contributed by atoms with Gasteiger partial charge in [0.15, 0.2) is 0 Å². The van der Waals surface area contributed by atoms with E-state index in [1.807, 2.05) is 12.1 Å². The van der Waals surface area contributed by atoms with E-state index in [1.165, 1.54) is 18.5 Å². The van der Waals surface area contributed by atoms with Crippen molar-refractivity contribution in [2.24, 2.45) is 17.6 Å². The van der Waals surface area contributed by atoms with Gasteiger partial charge in [-0.3, -0.25) is 10.2 Å². The Morgan fingerprint density at radius 2 is 1.74 bits per heavy atom. The first-order valence-electron chi connectivity index (χ1n) is 10.1. The summed E-state index contributed by atoms with van der Waals surface area (Å²) in [6.45, 7) is 3.23. The van der Waals surface area contributed by atoms with E-state index in [4.69, 9.17) is 16.2 Å². The number of carboxylic acids is 1. The summed E-state index contributed by atoms with van der Waals surface area (Å²) in [6.07, 6.45) is 6.02. The fraction of sp³-hybridized carbons (Fsp3) is 0.619. The molecule has 2 fully saturated rings. The molecule has 6 nitrogen and oxygen atoms in total. The lowest BCUT2D eigenvalue weighted by atomic mass is 9.85. The average Bonchev–Trinajstić information content (AvgIpc) is 2.68. The van der Waals surface area contributed by atoms with Gasteiger partial charge in [-0.2, -0.15) is 0 Å². The molecule has 0 unspecified atom stereocenters. The lowest BCUT2D eigenvalue weighted by Crippen LogP contribution is -2.42. The second-order valence-corrected chi connectivity index (χ2v) is 8.17. The average molecular weight is 373 g/mol. The molecule has 0 spiro atoms. The van der Waals surface area contributed by atoms with Gasteiger partial charge in [-0.05, 0) is 75.8 Å². The van der Waals surface area contributed by atoms with E-state index in [0.29, 0.717) is 12.0 Å². The second kappa shape index (κ2) is 8.74. The number of piperidine rings is 1. The molecule has 1 saturated carbocycles. The van der Waals surface area contributed by atoms with Crippen LogP contribution in [0.4, 0.5) is 5.69 Å². The van der Waals surface area contributed by atoms with Gasteiger partial charge in [0.05, 0.1) is 5.92 Å². The molecular weight excluding hydrogens is 340 g/mol. The van der Waals surface area contributed by atoms with Crippen molar-refractivity contribution in [1.29, 1.82) is 5.41 Å². The number of nitrogens with zero attached hydrogens (tertiary/aromatic N) is 2. The zero-order valence-corrected chi connectivity index (χ0v) is 16.2. The van der Waals surface area contributed by atoms with Gasteiger partial charge in [-0.15, -0.1) is 0 Å². The van der Waals surface area contributed by atoms with E-state index < -0.39 is 5.97 Å². The topological polar surface area (TPSA) is 93.7 Å². The number of benzene rings is 1. The Morgan fingerprint density at radius 1 is 1.15 bits per heavy atom. The van der Waals surface area contributed by atoms with Crippen LogP contribution in [0.2, 0.25) is 0 Å². The summed E-state index contributed by atoms with van der Waals surface area (Å²) in [5.41, 5.74) is 7.50. The van der Waals surface area contributed by atoms with Crippen LogP contribution in [-0.4, -0.2) is 54.5 Å². The van der Waals surface area contributed by atoms with Crippen molar-refractivity contribution in [3.8, 4) is 0 Å². The fourth-order valence-corrected chi connectivity index (χ4v) is 4.55. The summed E-state index contributed by atoms with van der Waals surface area (Å²) in [4.78, 5) is 16.0. The predicted molar refractivity (Wildman–Crippen MR) is 108 cm³/mol. The predicted octanol–water partition coefficient (Wildman–Crippen LogP) is 2.76. The minimum Gasteiger partial charge on any atom is -0.481 e. The van der Waals surface area contributed by atoms with Crippen LogP contribution in [0.3, 0.4) is 0 Å². The summed E-state index contributed by atoms with van der Waals surface area (Å²) >= 11 is 0. The zero-order valence-electron chi connectivity index (χ0n) is 16.2. The van der Waals surface area contributed by atoms with Crippen molar-refractivity contribution in [3.63, 3.8) is 0 Å². The molecule has 2 aliphatic rings. The van der Waals surface area contributed by atoms with Gasteiger partial charge in [0.2, 0.25) is 0 Å². The van der Waals surface area contributed by atoms with Crippen molar-refractivity contribution in [1.82, 2.24) is 4.90 Å². The lowest BCUT2D eigenvalue weighted by Gasteiger charge is -2.39. The highest BCUT2D eigenvalue weighted by Gasteiger charge is 2.29.